The number of hydrogen-bond donors (Lipinski definition) is 1. The van der Waals surface area contributed by atoms with Crippen molar-refractivity contribution in [1.82, 2.24) is 5.32 Å². The molecular formula is C13H18I2N-. The molecule has 0 saturated heterocycles. The number of hydrogen-bond acceptors (Lipinski definition) is 1. The molecule has 2 unspecified atom stereocenters. The van der Waals surface area contributed by atoms with E-state index in [2.05, 4.69) is 58.0 Å². The van der Waals surface area contributed by atoms with E-state index in [1.807, 2.05) is 0 Å². The third kappa shape index (κ3) is 2.49. The molecule has 0 fully saturated rings. The maximum absolute atomic E-state index is 3.67. The van der Waals surface area contributed by atoms with E-state index < -0.39 is 0 Å². The van der Waals surface area contributed by atoms with E-state index in [9.17, 15) is 0 Å². The molecule has 0 amide bonds. The molecule has 0 radical (unpaired) electrons. The van der Waals surface area contributed by atoms with Crippen LogP contribution in [0.3, 0.4) is 0 Å². The average molecular weight is 442 g/mol. The average Bonchev–Trinajstić information content (AvgIpc) is 2.59. The van der Waals surface area contributed by atoms with Gasteiger partial charge in [-0.05, 0) is 0 Å². The molecule has 1 N–H and O–H groups in total. The molecule has 3 heteroatoms. The van der Waals surface area contributed by atoms with Crippen molar-refractivity contribution in [2.24, 2.45) is 11.8 Å². The molecule has 1 aliphatic heterocycles. The Morgan fingerprint density at radius 3 is 3.00 bits per heavy atom. The van der Waals surface area contributed by atoms with E-state index in [0.29, 0.717) is 33.0 Å². The zero-order valence-electron chi connectivity index (χ0n) is 9.76. The summed E-state index contributed by atoms with van der Waals surface area (Å²) in [5.74, 6) is 1.32. The van der Waals surface area contributed by atoms with E-state index in [1.54, 1.807) is 11.3 Å². The third-order valence-electron chi connectivity index (χ3n) is 3.24. The van der Waals surface area contributed by atoms with Crippen molar-refractivity contribution in [2.45, 2.75) is 13.3 Å². The Bertz CT molecular complexity index is 355. The van der Waals surface area contributed by atoms with Gasteiger partial charge in [0.25, 0.3) is 0 Å². The van der Waals surface area contributed by atoms with Gasteiger partial charge in [0.1, 0.15) is 0 Å². The third-order valence-corrected chi connectivity index (χ3v) is 5.31. The van der Waals surface area contributed by atoms with Crippen LogP contribution in [0.15, 0.2) is 35.2 Å². The minimum absolute atomic E-state index is 0.342. The predicted octanol–water partition coefficient (Wildman–Crippen LogP) is 0.0936. The second-order valence-corrected chi connectivity index (χ2v) is 7.68. The van der Waals surface area contributed by atoms with Gasteiger partial charge in [-0.1, -0.05) is 0 Å². The summed E-state index contributed by atoms with van der Waals surface area (Å²) in [7, 11) is 0. The minimum atomic E-state index is 0.342. The van der Waals surface area contributed by atoms with Crippen LogP contribution in [0.1, 0.15) is 13.3 Å². The molecule has 1 aliphatic carbocycles. The van der Waals surface area contributed by atoms with E-state index in [-0.39, 0.29) is 0 Å². The summed E-state index contributed by atoms with van der Waals surface area (Å²) >= 11 is 2.84. The van der Waals surface area contributed by atoms with E-state index in [1.165, 1.54) is 21.0 Å². The van der Waals surface area contributed by atoms with Gasteiger partial charge >= 0.3 is 123 Å². The zero-order valence-corrected chi connectivity index (χ0v) is 14.1. The second kappa shape index (κ2) is 5.89. The van der Waals surface area contributed by atoms with Crippen LogP contribution < -0.4 is 26.5 Å². The van der Waals surface area contributed by atoms with Crippen LogP contribution in [0, 0.1) is 11.8 Å². The molecule has 90 valence electrons. The Hall–Kier alpha value is 0.480. The van der Waals surface area contributed by atoms with Gasteiger partial charge < -0.3 is 0 Å². The topological polar surface area (TPSA) is 12.0 Å². The quantitative estimate of drug-likeness (QED) is 0.481. The Morgan fingerprint density at radius 1 is 1.50 bits per heavy atom. The molecule has 1 nitrogen and oxygen atoms in total. The van der Waals surface area contributed by atoms with E-state index in [4.69, 9.17) is 0 Å². The Kier molecular flexibility index (Phi) is 4.76. The maximum atomic E-state index is 3.67. The molecule has 0 aromatic rings. The summed E-state index contributed by atoms with van der Waals surface area (Å²) in [6.07, 6.45) is 8.06. The molecule has 0 spiro atoms. The second-order valence-electron chi connectivity index (χ2n) is 4.31. The predicted molar refractivity (Wildman–Crippen MR) is 74.3 cm³/mol. The Labute approximate surface area is 122 Å². The van der Waals surface area contributed by atoms with Gasteiger partial charge in [0.05, 0.1) is 0 Å². The molecule has 0 aromatic carbocycles. The first-order chi connectivity index (χ1) is 7.77. The molecule has 0 saturated carbocycles. The SMILES string of the molecule is C[I-]CC1=C(CCI)C2C(=CC=CC2C)N1. The van der Waals surface area contributed by atoms with Gasteiger partial charge in [-0.2, -0.15) is 0 Å². The summed E-state index contributed by atoms with van der Waals surface area (Å²) in [4.78, 5) is 2.37. The summed E-state index contributed by atoms with van der Waals surface area (Å²) in [6.45, 7) is 2.34. The van der Waals surface area contributed by atoms with Crippen LogP contribution in [0.4, 0.5) is 0 Å². The van der Waals surface area contributed by atoms with Crippen molar-refractivity contribution in [3.8, 4) is 0 Å². The van der Waals surface area contributed by atoms with Gasteiger partial charge in [0, 0.05) is 0 Å². The van der Waals surface area contributed by atoms with Gasteiger partial charge in [-0.3, -0.25) is 0 Å². The van der Waals surface area contributed by atoms with Gasteiger partial charge in [-0.25, -0.2) is 0 Å². The van der Waals surface area contributed by atoms with Gasteiger partial charge in [0.15, 0.2) is 0 Å². The summed E-state index contributed by atoms with van der Waals surface area (Å²) in [5, 5.41) is 3.67. The Balaban J connectivity index is 2.27. The van der Waals surface area contributed by atoms with Crippen molar-refractivity contribution in [2.75, 3.05) is 13.8 Å². The fourth-order valence-corrected chi connectivity index (χ4v) is 4.58. The first kappa shape index (κ1) is 12.9. The van der Waals surface area contributed by atoms with Crippen LogP contribution in [-0.4, -0.2) is 13.8 Å². The standard InChI is InChI=1S/C13H18I2N/c1-9-4-3-5-11-13(9)10(6-7-14)12(16-11)8-15-2/h3-5,9,13,16H,6-8H2,1-2H3/q-1. The summed E-state index contributed by atoms with van der Waals surface area (Å²) in [5.41, 5.74) is 4.69. The number of halogens is 2. The molecular weight excluding hydrogens is 424 g/mol. The fourth-order valence-electron chi connectivity index (χ4n) is 2.56. The van der Waals surface area contributed by atoms with Crippen molar-refractivity contribution in [1.29, 1.82) is 0 Å². The van der Waals surface area contributed by atoms with E-state index in [0.717, 1.165) is 0 Å². The normalized spacial score (nSPS) is 28.1. The zero-order chi connectivity index (χ0) is 11.5. The molecule has 16 heavy (non-hydrogen) atoms. The number of allylic oxidation sites excluding steroid dienone is 5. The van der Waals surface area contributed by atoms with Gasteiger partial charge in [0.2, 0.25) is 0 Å². The van der Waals surface area contributed by atoms with Crippen molar-refractivity contribution < 1.29 is 21.2 Å². The van der Waals surface area contributed by atoms with Crippen LogP contribution in [0.5, 0.6) is 0 Å². The molecule has 0 bridgehead atoms. The summed E-state index contributed by atoms with van der Waals surface area (Å²) < 4.78 is 2.55. The number of rotatable bonds is 4. The molecule has 2 atom stereocenters. The van der Waals surface area contributed by atoms with Crippen molar-refractivity contribution in [3.05, 3.63) is 35.2 Å². The van der Waals surface area contributed by atoms with Crippen molar-refractivity contribution >= 4 is 22.6 Å². The van der Waals surface area contributed by atoms with Gasteiger partial charge in [-0.15, -0.1) is 0 Å². The summed E-state index contributed by atoms with van der Waals surface area (Å²) in [6, 6.07) is 0. The molecule has 2 rings (SSSR count). The van der Waals surface area contributed by atoms with Crippen LogP contribution in [-0.2, 0) is 0 Å². The monoisotopic (exact) mass is 442 g/mol. The first-order valence-electron chi connectivity index (χ1n) is 5.65. The molecule has 2 aliphatic rings. The van der Waals surface area contributed by atoms with Crippen LogP contribution in [0.2, 0.25) is 0 Å². The van der Waals surface area contributed by atoms with Crippen LogP contribution in [0.25, 0.3) is 0 Å². The number of alkyl halides is 3. The fraction of sp³-hybridized carbons (Fsp3) is 0.538. The Morgan fingerprint density at radius 2 is 2.31 bits per heavy atom. The van der Waals surface area contributed by atoms with Crippen molar-refractivity contribution in [3.63, 3.8) is 0 Å². The van der Waals surface area contributed by atoms with E-state index >= 15 is 0 Å². The molecule has 0 aromatic heterocycles. The number of fused-ring (bicyclic) bond motifs is 1. The van der Waals surface area contributed by atoms with Crippen LogP contribution >= 0.6 is 22.6 Å². The molecule has 1 heterocycles. The first-order valence-corrected chi connectivity index (χ1v) is 10.9. The number of nitrogens with one attached hydrogen (secondary N) is 1.